The first-order valence-corrected chi connectivity index (χ1v) is 5.19. The van der Waals surface area contributed by atoms with Gasteiger partial charge < -0.3 is 5.11 Å². The lowest BCUT2D eigenvalue weighted by Crippen LogP contribution is -1.90. The Kier molecular flexibility index (Phi) is 2.52. The van der Waals surface area contributed by atoms with E-state index in [2.05, 4.69) is 20.9 Å². The van der Waals surface area contributed by atoms with Crippen LogP contribution in [0.15, 0.2) is 34.9 Å². The predicted molar refractivity (Wildman–Crippen MR) is 60.1 cm³/mol. The zero-order valence-corrected chi connectivity index (χ0v) is 9.32. The molecule has 3 heteroatoms. The highest BCUT2D eigenvalue weighted by molar-refractivity contribution is 9.10. The van der Waals surface area contributed by atoms with Crippen molar-refractivity contribution in [2.75, 3.05) is 0 Å². The smallest absolute Gasteiger partial charge is 0.0762 e. The molecular formula is C11H10BrNO. The summed E-state index contributed by atoms with van der Waals surface area (Å²) in [6.07, 6.45) is 1.34. The first-order chi connectivity index (χ1) is 6.66. The number of hydrogen-bond donors (Lipinski definition) is 1. The molecule has 0 bridgehead atoms. The third-order valence-electron chi connectivity index (χ3n) is 2.15. The second-order valence-corrected chi connectivity index (χ2v) is 4.20. The van der Waals surface area contributed by atoms with Gasteiger partial charge in [-0.05, 0) is 46.6 Å². The molecule has 1 aromatic carbocycles. The second kappa shape index (κ2) is 3.67. The van der Waals surface area contributed by atoms with E-state index in [4.69, 9.17) is 0 Å². The Morgan fingerprint density at radius 3 is 2.86 bits per heavy atom. The lowest BCUT2D eigenvalue weighted by atomic mass is 10.1. The number of benzene rings is 1. The topological polar surface area (TPSA) is 33.1 Å². The summed E-state index contributed by atoms with van der Waals surface area (Å²) in [6, 6.07) is 7.77. The number of hydrogen-bond acceptors (Lipinski definition) is 2. The Morgan fingerprint density at radius 1 is 1.36 bits per heavy atom. The molecule has 0 saturated heterocycles. The molecule has 0 amide bonds. The molecule has 0 saturated carbocycles. The van der Waals surface area contributed by atoms with Gasteiger partial charge in [0.05, 0.1) is 11.6 Å². The largest absolute Gasteiger partial charge is 0.389 e. The lowest BCUT2D eigenvalue weighted by Gasteiger charge is -2.05. The van der Waals surface area contributed by atoms with Gasteiger partial charge in [0.2, 0.25) is 0 Å². The molecule has 14 heavy (non-hydrogen) atoms. The van der Waals surface area contributed by atoms with Crippen LogP contribution >= 0.6 is 15.9 Å². The van der Waals surface area contributed by atoms with Crippen molar-refractivity contribution in [3.05, 3.63) is 40.5 Å². The minimum Gasteiger partial charge on any atom is -0.389 e. The maximum atomic E-state index is 9.42. The number of aromatic nitrogens is 1. The molecule has 0 aliphatic carbocycles. The average molecular weight is 252 g/mol. The third kappa shape index (κ3) is 1.79. The first kappa shape index (κ1) is 9.62. The highest BCUT2D eigenvalue weighted by atomic mass is 79.9. The Morgan fingerprint density at radius 2 is 2.14 bits per heavy atom. The van der Waals surface area contributed by atoms with E-state index in [0.717, 1.165) is 20.9 Å². The van der Waals surface area contributed by atoms with Crippen molar-refractivity contribution in [2.45, 2.75) is 13.0 Å². The van der Waals surface area contributed by atoms with Gasteiger partial charge in [0, 0.05) is 16.1 Å². The van der Waals surface area contributed by atoms with Crippen LogP contribution < -0.4 is 0 Å². The molecule has 0 aliphatic rings. The van der Waals surface area contributed by atoms with Gasteiger partial charge in [-0.1, -0.05) is 6.07 Å². The first-order valence-electron chi connectivity index (χ1n) is 4.40. The zero-order chi connectivity index (χ0) is 10.1. The number of rotatable bonds is 1. The Bertz CT molecular complexity index is 468. The number of pyridine rings is 1. The number of fused-ring (bicyclic) bond motifs is 1. The molecule has 0 fully saturated rings. The van der Waals surface area contributed by atoms with Crippen LogP contribution in [-0.4, -0.2) is 10.1 Å². The molecule has 1 atom stereocenters. The number of nitrogens with zero attached hydrogens (tertiary/aromatic N) is 1. The van der Waals surface area contributed by atoms with Gasteiger partial charge in [0.15, 0.2) is 0 Å². The molecular weight excluding hydrogens is 242 g/mol. The standard InChI is InChI=1S/C11H10BrNO/c1-7(14)8-2-3-11-9(4-8)5-10(12)6-13-11/h2-7,14H,1H3. The van der Waals surface area contributed by atoms with Crippen LogP contribution in [0.2, 0.25) is 0 Å². The molecule has 72 valence electrons. The van der Waals surface area contributed by atoms with E-state index in [1.807, 2.05) is 24.3 Å². The molecule has 0 aliphatic heterocycles. The summed E-state index contributed by atoms with van der Waals surface area (Å²) >= 11 is 3.37. The van der Waals surface area contributed by atoms with Crippen LogP contribution in [0.3, 0.4) is 0 Å². The van der Waals surface area contributed by atoms with E-state index >= 15 is 0 Å². The van der Waals surface area contributed by atoms with Gasteiger partial charge in [-0.15, -0.1) is 0 Å². The molecule has 1 N–H and O–H groups in total. The van der Waals surface area contributed by atoms with Gasteiger partial charge in [0.1, 0.15) is 0 Å². The van der Waals surface area contributed by atoms with Crippen LogP contribution in [0.5, 0.6) is 0 Å². The highest BCUT2D eigenvalue weighted by Crippen LogP contribution is 2.21. The summed E-state index contributed by atoms with van der Waals surface area (Å²) in [6.45, 7) is 1.76. The van der Waals surface area contributed by atoms with Crippen LogP contribution in [-0.2, 0) is 0 Å². The van der Waals surface area contributed by atoms with Crippen molar-refractivity contribution in [1.82, 2.24) is 4.98 Å². The summed E-state index contributed by atoms with van der Waals surface area (Å²) in [5, 5.41) is 10.5. The minimum absolute atomic E-state index is 0.432. The van der Waals surface area contributed by atoms with Crippen LogP contribution in [0.25, 0.3) is 10.9 Å². The zero-order valence-electron chi connectivity index (χ0n) is 7.74. The van der Waals surface area contributed by atoms with Gasteiger partial charge in [-0.2, -0.15) is 0 Å². The quantitative estimate of drug-likeness (QED) is 0.846. The molecule has 2 rings (SSSR count). The maximum absolute atomic E-state index is 9.42. The van der Waals surface area contributed by atoms with Crippen LogP contribution in [0.4, 0.5) is 0 Å². The maximum Gasteiger partial charge on any atom is 0.0762 e. The average Bonchev–Trinajstić information content (AvgIpc) is 2.16. The fourth-order valence-electron chi connectivity index (χ4n) is 1.38. The van der Waals surface area contributed by atoms with Crippen LogP contribution in [0.1, 0.15) is 18.6 Å². The lowest BCUT2D eigenvalue weighted by molar-refractivity contribution is 0.199. The van der Waals surface area contributed by atoms with Gasteiger partial charge in [0.25, 0.3) is 0 Å². The summed E-state index contributed by atoms with van der Waals surface area (Å²) < 4.78 is 0.952. The molecule has 2 aromatic rings. The van der Waals surface area contributed by atoms with Crippen molar-refractivity contribution in [1.29, 1.82) is 0 Å². The third-order valence-corrected chi connectivity index (χ3v) is 2.59. The van der Waals surface area contributed by atoms with E-state index in [9.17, 15) is 5.11 Å². The highest BCUT2D eigenvalue weighted by Gasteiger charge is 2.02. The van der Waals surface area contributed by atoms with Gasteiger partial charge in [-0.3, -0.25) is 4.98 Å². The molecule has 1 unspecified atom stereocenters. The molecule has 0 radical (unpaired) electrons. The van der Waals surface area contributed by atoms with Gasteiger partial charge in [-0.25, -0.2) is 0 Å². The fourth-order valence-corrected chi connectivity index (χ4v) is 1.73. The number of aliphatic hydroxyl groups excluding tert-OH is 1. The van der Waals surface area contributed by atoms with E-state index < -0.39 is 6.10 Å². The summed E-state index contributed by atoms with van der Waals surface area (Å²) in [5.74, 6) is 0. The monoisotopic (exact) mass is 251 g/mol. The molecule has 0 spiro atoms. The second-order valence-electron chi connectivity index (χ2n) is 3.28. The predicted octanol–water partition coefficient (Wildman–Crippen LogP) is 3.05. The van der Waals surface area contributed by atoms with Crippen molar-refractivity contribution >= 4 is 26.8 Å². The summed E-state index contributed by atoms with van der Waals surface area (Å²) in [5.41, 5.74) is 1.86. The van der Waals surface area contributed by atoms with Crippen molar-refractivity contribution in [3.63, 3.8) is 0 Å². The Hall–Kier alpha value is -0.930. The molecule has 1 aromatic heterocycles. The minimum atomic E-state index is -0.432. The number of aliphatic hydroxyl groups is 1. The summed E-state index contributed by atoms with van der Waals surface area (Å²) in [4.78, 5) is 4.25. The Labute approximate surface area is 90.7 Å². The fraction of sp³-hybridized carbons (Fsp3) is 0.182. The van der Waals surface area contributed by atoms with Crippen molar-refractivity contribution < 1.29 is 5.11 Å². The van der Waals surface area contributed by atoms with E-state index in [-0.39, 0.29) is 0 Å². The Balaban J connectivity index is 2.63. The number of halogens is 1. The molecule has 2 nitrogen and oxygen atoms in total. The normalized spacial score (nSPS) is 13.1. The van der Waals surface area contributed by atoms with Crippen molar-refractivity contribution in [2.24, 2.45) is 0 Å². The summed E-state index contributed by atoms with van der Waals surface area (Å²) in [7, 11) is 0. The van der Waals surface area contributed by atoms with E-state index in [1.165, 1.54) is 0 Å². The van der Waals surface area contributed by atoms with Crippen molar-refractivity contribution in [3.8, 4) is 0 Å². The van der Waals surface area contributed by atoms with E-state index in [1.54, 1.807) is 13.1 Å². The SMILES string of the molecule is CC(O)c1ccc2ncc(Br)cc2c1. The van der Waals surface area contributed by atoms with Gasteiger partial charge >= 0.3 is 0 Å². The van der Waals surface area contributed by atoms with Crippen LogP contribution in [0, 0.1) is 0 Å². The molecule has 1 heterocycles. The van der Waals surface area contributed by atoms with E-state index in [0.29, 0.717) is 0 Å².